The van der Waals surface area contributed by atoms with Crippen LogP contribution >= 0.6 is 15.9 Å². The Morgan fingerprint density at radius 3 is 2.71 bits per heavy atom. The minimum absolute atomic E-state index is 0.270. The molecule has 144 valence electrons. The second kappa shape index (κ2) is 7.83. The van der Waals surface area contributed by atoms with Gasteiger partial charge in [-0.15, -0.1) is 0 Å². The number of hydrogen-bond acceptors (Lipinski definition) is 4. The van der Waals surface area contributed by atoms with E-state index >= 15 is 0 Å². The number of benzene rings is 2. The number of halogens is 2. The van der Waals surface area contributed by atoms with Crippen molar-refractivity contribution in [3.63, 3.8) is 0 Å². The topological polar surface area (TPSA) is 50.5 Å². The first-order chi connectivity index (χ1) is 13.6. The normalized spacial score (nSPS) is 14.5. The third-order valence-corrected chi connectivity index (χ3v) is 5.45. The van der Waals surface area contributed by atoms with Crippen molar-refractivity contribution in [2.24, 2.45) is 5.10 Å². The van der Waals surface area contributed by atoms with Crippen molar-refractivity contribution in [2.45, 2.75) is 26.2 Å². The molecule has 1 aromatic heterocycles. The van der Waals surface area contributed by atoms with Gasteiger partial charge in [0.25, 0.3) is 5.56 Å². The Bertz CT molecular complexity index is 1120. The molecule has 0 atom stereocenters. The van der Waals surface area contributed by atoms with Crippen molar-refractivity contribution in [2.75, 3.05) is 18.0 Å². The summed E-state index contributed by atoms with van der Waals surface area (Å²) < 4.78 is 16.6. The summed E-state index contributed by atoms with van der Waals surface area (Å²) in [6.45, 7) is 3.82. The Labute approximate surface area is 170 Å². The summed E-state index contributed by atoms with van der Waals surface area (Å²) >= 11 is 3.38. The summed E-state index contributed by atoms with van der Waals surface area (Å²) in [6.07, 6.45) is 4.20. The van der Waals surface area contributed by atoms with Gasteiger partial charge in [0.1, 0.15) is 11.6 Å². The Balaban J connectivity index is 1.72. The van der Waals surface area contributed by atoms with Crippen LogP contribution in [0.1, 0.15) is 31.2 Å². The van der Waals surface area contributed by atoms with Gasteiger partial charge in [0, 0.05) is 35.2 Å². The third-order valence-electron chi connectivity index (χ3n) is 4.96. The van der Waals surface area contributed by atoms with Crippen LogP contribution < -0.4 is 10.5 Å². The number of nitrogens with zero attached hydrogens (tertiary/aromatic N) is 4. The molecule has 1 aliphatic rings. The summed E-state index contributed by atoms with van der Waals surface area (Å²) in [5.74, 6) is 0.181. The summed E-state index contributed by atoms with van der Waals surface area (Å²) in [5.41, 5.74) is 1.58. The van der Waals surface area contributed by atoms with Gasteiger partial charge in [-0.3, -0.25) is 4.79 Å². The van der Waals surface area contributed by atoms with Crippen LogP contribution in [0.4, 0.5) is 10.1 Å². The fraction of sp³-hybridized carbons (Fsp3) is 0.286. The lowest BCUT2D eigenvalue weighted by molar-refractivity contribution is 0.624. The van der Waals surface area contributed by atoms with Gasteiger partial charge in [-0.1, -0.05) is 22.9 Å². The lowest BCUT2D eigenvalue weighted by atomic mass is 10.2. The molecule has 0 aliphatic carbocycles. The molecule has 2 heterocycles. The first-order valence-electron chi connectivity index (χ1n) is 9.37. The molecule has 3 aromatic rings. The van der Waals surface area contributed by atoms with E-state index in [0.29, 0.717) is 28.7 Å². The Hall–Kier alpha value is -2.54. The van der Waals surface area contributed by atoms with Gasteiger partial charge in [-0.25, -0.2) is 9.37 Å². The van der Waals surface area contributed by atoms with E-state index < -0.39 is 0 Å². The van der Waals surface area contributed by atoms with E-state index in [4.69, 9.17) is 0 Å². The average molecular weight is 443 g/mol. The molecule has 1 aliphatic heterocycles. The largest absolute Gasteiger partial charge is 0.371 e. The number of fused-ring (bicyclic) bond motifs is 1. The van der Waals surface area contributed by atoms with E-state index in [1.165, 1.54) is 17.0 Å². The quantitative estimate of drug-likeness (QED) is 0.564. The molecule has 7 heteroatoms. The molecule has 0 bridgehead atoms. The molecule has 0 spiro atoms. The molecular formula is C21H20BrFN4O. The maximum Gasteiger partial charge on any atom is 0.282 e. The van der Waals surface area contributed by atoms with Gasteiger partial charge in [0.05, 0.1) is 17.1 Å². The maximum absolute atomic E-state index is 14.6. The molecule has 0 unspecified atom stereocenters. The van der Waals surface area contributed by atoms with Crippen molar-refractivity contribution in [1.82, 2.24) is 9.66 Å². The van der Waals surface area contributed by atoms with Gasteiger partial charge in [-0.2, -0.15) is 9.78 Å². The smallest absolute Gasteiger partial charge is 0.282 e. The van der Waals surface area contributed by atoms with E-state index in [1.54, 1.807) is 18.2 Å². The zero-order valence-corrected chi connectivity index (χ0v) is 17.1. The van der Waals surface area contributed by atoms with Crippen LogP contribution in [0, 0.1) is 5.82 Å². The first kappa shape index (κ1) is 18.8. The summed E-state index contributed by atoms with van der Waals surface area (Å²) in [5, 5.41) is 4.73. The fourth-order valence-electron chi connectivity index (χ4n) is 3.46. The minimum Gasteiger partial charge on any atom is -0.371 e. The van der Waals surface area contributed by atoms with Crippen LogP contribution in [-0.4, -0.2) is 29.0 Å². The van der Waals surface area contributed by atoms with E-state index in [-0.39, 0.29) is 11.4 Å². The van der Waals surface area contributed by atoms with Gasteiger partial charge in [-0.05, 0) is 49.2 Å². The van der Waals surface area contributed by atoms with E-state index in [1.807, 2.05) is 19.1 Å². The van der Waals surface area contributed by atoms with Gasteiger partial charge < -0.3 is 4.90 Å². The summed E-state index contributed by atoms with van der Waals surface area (Å²) in [7, 11) is 0. The second-order valence-corrected chi connectivity index (χ2v) is 7.72. The second-order valence-electron chi connectivity index (χ2n) is 6.80. The summed E-state index contributed by atoms with van der Waals surface area (Å²) in [4.78, 5) is 19.6. The molecule has 28 heavy (non-hydrogen) atoms. The predicted octanol–water partition coefficient (Wildman–Crippen LogP) is 4.34. The van der Waals surface area contributed by atoms with E-state index in [2.05, 4.69) is 30.9 Å². The highest BCUT2D eigenvalue weighted by molar-refractivity contribution is 9.10. The number of rotatable bonds is 4. The van der Waals surface area contributed by atoms with Gasteiger partial charge in [0.2, 0.25) is 0 Å². The first-order valence-corrected chi connectivity index (χ1v) is 10.2. The molecule has 0 amide bonds. The monoisotopic (exact) mass is 442 g/mol. The Kier molecular flexibility index (Phi) is 5.26. The number of anilines is 1. The molecule has 4 rings (SSSR count). The lowest BCUT2D eigenvalue weighted by Crippen LogP contribution is -2.22. The zero-order chi connectivity index (χ0) is 19.7. The highest BCUT2D eigenvalue weighted by atomic mass is 79.9. The number of aryl methyl sites for hydroxylation is 1. The van der Waals surface area contributed by atoms with Crippen LogP contribution in [0.5, 0.6) is 0 Å². The van der Waals surface area contributed by atoms with Gasteiger partial charge >= 0.3 is 0 Å². The molecule has 1 saturated heterocycles. The number of hydrogen-bond donors (Lipinski definition) is 0. The molecule has 0 N–H and O–H groups in total. The SMILES string of the molecule is CCc1nc2ccc(Br)cc2c(=O)n1N=Cc1ccc(N2CCCC2)cc1F. The van der Waals surface area contributed by atoms with Crippen LogP contribution in [0.15, 0.2) is 50.8 Å². The highest BCUT2D eigenvalue weighted by Gasteiger charge is 2.14. The third kappa shape index (κ3) is 3.58. The highest BCUT2D eigenvalue weighted by Crippen LogP contribution is 2.22. The average Bonchev–Trinajstić information content (AvgIpc) is 3.23. The lowest BCUT2D eigenvalue weighted by Gasteiger charge is -2.17. The van der Waals surface area contributed by atoms with Crippen LogP contribution in [-0.2, 0) is 6.42 Å². The minimum atomic E-state index is -0.351. The van der Waals surface area contributed by atoms with Crippen molar-refractivity contribution >= 4 is 38.7 Å². The predicted molar refractivity (Wildman–Crippen MR) is 114 cm³/mol. The van der Waals surface area contributed by atoms with Crippen LogP contribution in [0.25, 0.3) is 10.9 Å². The van der Waals surface area contributed by atoms with E-state index in [9.17, 15) is 9.18 Å². The van der Waals surface area contributed by atoms with Crippen molar-refractivity contribution in [1.29, 1.82) is 0 Å². The van der Waals surface area contributed by atoms with Crippen LogP contribution in [0.2, 0.25) is 0 Å². The zero-order valence-electron chi connectivity index (χ0n) is 15.5. The fourth-order valence-corrected chi connectivity index (χ4v) is 3.82. The number of aromatic nitrogens is 2. The molecule has 0 saturated carbocycles. The van der Waals surface area contributed by atoms with Crippen molar-refractivity contribution in [3.8, 4) is 0 Å². The van der Waals surface area contributed by atoms with Crippen molar-refractivity contribution in [3.05, 3.63) is 68.4 Å². The summed E-state index contributed by atoms with van der Waals surface area (Å²) in [6, 6.07) is 10.5. The maximum atomic E-state index is 14.6. The van der Waals surface area contributed by atoms with Crippen LogP contribution in [0.3, 0.4) is 0 Å². The van der Waals surface area contributed by atoms with Crippen molar-refractivity contribution < 1.29 is 4.39 Å². The molecule has 1 fully saturated rings. The molecule has 0 radical (unpaired) electrons. The van der Waals surface area contributed by atoms with E-state index in [0.717, 1.165) is 36.1 Å². The standard InChI is InChI=1S/C21H20BrFN4O/c1-2-20-25-19-8-6-15(22)11-17(19)21(28)27(20)24-13-14-5-7-16(12-18(14)23)26-9-3-4-10-26/h5-8,11-13H,2-4,9-10H2,1H3. The van der Waals surface area contributed by atoms with Gasteiger partial charge in [0.15, 0.2) is 0 Å². The molecule has 2 aromatic carbocycles. The Morgan fingerprint density at radius 1 is 1.21 bits per heavy atom. The molecular weight excluding hydrogens is 423 g/mol. The Morgan fingerprint density at radius 2 is 2.00 bits per heavy atom. The molecule has 5 nitrogen and oxygen atoms in total.